The largest absolute Gasteiger partial charge is 0.497 e. The Balaban J connectivity index is 1.42. The van der Waals surface area contributed by atoms with Crippen LogP contribution in [0.2, 0.25) is 5.02 Å². The van der Waals surface area contributed by atoms with Crippen molar-refractivity contribution in [2.75, 3.05) is 38.3 Å². The first kappa shape index (κ1) is 23.4. The van der Waals surface area contributed by atoms with E-state index in [1.54, 1.807) is 18.1 Å². The van der Waals surface area contributed by atoms with Gasteiger partial charge < -0.3 is 23.7 Å². The van der Waals surface area contributed by atoms with E-state index in [4.69, 9.17) is 30.5 Å². The number of aromatic nitrogens is 1. The molecule has 1 aliphatic heterocycles. The van der Waals surface area contributed by atoms with Gasteiger partial charge in [-0.2, -0.15) is 0 Å². The summed E-state index contributed by atoms with van der Waals surface area (Å²) >= 11 is 8.08. The van der Waals surface area contributed by atoms with E-state index >= 15 is 0 Å². The maximum absolute atomic E-state index is 12.8. The highest BCUT2D eigenvalue weighted by molar-refractivity contribution is 7.14. The summed E-state index contributed by atoms with van der Waals surface area (Å²) in [6.45, 7) is 2.58. The molecule has 0 saturated carbocycles. The Bertz CT molecular complexity index is 1300. The third kappa shape index (κ3) is 5.19. The van der Waals surface area contributed by atoms with E-state index in [0.717, 1.165) is 27.8 Å². The molecule has 1 fully saturated rings. The van der Waals surface area contributed by atoms with Gasteiger partial charge >= 0.3 is 0 Å². The highest BCUT2D eigenvalue weighted by atomic mass is 35.5. The maximum atomic E-state index is 12.8. The van der Waals surface area contributed by atoms with Crippen LogP contribution in [0, 0.1) is 0 Å². The van der Waals surface area contributed by atoms with E-state index < -0.39 is 0 Å². The second-order valence-electron chi connectivity index (χ2n) is 7.95. The number of halogens is 1. The van der Waals surface area contributed by atoms with Crippen molar-refractivity contribution in [2.45, 2.75) is 6.54 Å². The van der Waals surface area contributed by atoms with Crippen LogP contribution in [-0.4, -0.2) is 49.2 Å². The maximum Gasteiger partial charge on any atom is 0.289 e. The third-order valence-corrected chi connectivity index (χ3v) is 6.92. The summed E-state index contributed by atoms with van der Waals surface area (Å²) in [4.78, 5) is 21.5. The van der Waals surface area contributed by atoms with E-state index in [9.17, 15) is 4.79 Å². The van der Waals surface area contributed by atoms with Gasteiger partial charge in [0.05, 0.1) is 43.3 Å². The first-order valence-electron chi connectivity index (χ1n) is 11.2. The summed E-state index contributed by atoms with van der Waals surface area (Å²) in [5, 5.41) is 3.38. The standard InChI is InChI=1S/C26H24ClN3O4S/c1-32-19-8-6-18(7-9-19)22-17-35-26(28-22)30(23-5-3-2-4-21(23)27)16-20-10-11-24(34-20)25(31)29-12-14-33-15-13-29/h2-11,17H,12-16H2,1H3. The number of morpholine rings is 1. The first-order chi connectivity index (χ1) is 17.1. The highest BCUT2D eigenvalue weighted by Crippen LogP contribution is 2.37. The molecule has 0 N–H and O–H groups in total. The van der Waals surface area contributed by atoms with E-state index in [1.165, 1.54) is 11.3 Å². The van der Waals surface area contributed by atoms with Crippen LogP contribution in [0.15, 0.2) is 70.5 Å². The molecule has 4 aromatic rings. The Labute approximate surface area is 212 Å². The van der Waals surface area contributed by atoms with Gasteiger partial charge in [0.2, 0.25) is 0 Å². The molecule has 0 bridgehead atoms. The number of thiazole rings is 1. The van der Waals surface area contributed by atoms with Crippen LogP contribution in [-0.2, 0) is 11.3 Å². The molecule has 180 valence electrons. The second kappa shape index (κ2) is 10.5. The molecule has 1 aliphatic rings. The number of ether oxygens (including phenoxy) is 2. The lowest BCUT2D eigenvalue weighted by atomic mass is 10.2. The zero-order chi connectivity index (χ0) is 24.2. The summed E-state index contributed by atoms with van der Waals surface area (Å²) in [7, 11) is 1.64. The molecule has 0 atom stereocenters. The quantitative estimate of drug-likeness (QED) is 0.310. The molecule has 0 aliphatic carbocycles. The number of para-hydroxylation sites is 1. The fourth-order valence-electron chi connectivity index (χ4n) is 3.87. The molecule has 7 nitrogen and oxygen atoms in total. The van der Waals surface area contributed by atoms with Gasteiger partial charge in [-0.05, 0) is 48.5 Å². The summed E-state index contributed by atoms with van der Waals surface area (Å²) in [5.41, 5.74) is 2.65. The van der Waals surface area contributed by atoms with Crippen molar-refractivity contribution in [1.82, 2.24) is 9.88 Å². The van der Waals surface area contributed by atoms with E-state index in [-0.39, 0.29) is 5.91 Å². The lowest BCUT2D eigenvalue weighted by molar-refractivity contribution is 0.0282. The number of carbonyl (C=O) groups excluding carboxylic acids is 1. The second-order valence-corrected chi connectivity index (χ2v) is 9.20. The van der Waals surface area contributed by atoms with Crippen molar-refractivity contribution < 1.29 is 18.7 Å². The SMILES string of the molecule is COc1ccc(-c2csc(N(Cc3ccc(C(=O)N4CCOCC4)o3)c3ccccc3Cl)n2)cc1. The fourth-order valence-corrected chi connectivity index (χ4v) is 4.95. The Hall–Kier alpha value is -3.33. The van der Waals surface area contributed by atoms with Gasteiger partial charge in [-0.1, -0.05) is 23.7 Å². The molecule has 0 spiro atoms. The number of carbonyl (C=O) groups is 1. The van der Waals surface area contributed by atoms with Crippen LogP contribution in [0.25, 0.3) is 11.3 Å². The van der Waals surface area contributed by atoms with E-state index in [1.807, 2.05) is 64.9 Å². The lowest BCUT2D eigenvalue weighted by Gasteiger charge is -2.25. The van der Waals surface area contributed by atoms with Gasteiger partial charge in [0.25, 0.3) is 5.91 Å². The lowest BCUT2D eigenvalue weighted by Crippen LogP contribution is -2.40. The summed E-state index contributed by atoms with van der Waals surface area (Å²) in [5.74, 6) is 1.63. The number of amides is 1. The number of nitrogens with zero attached hydrogens (tertiary/aromatic N) is 3. The zero-order valence-electron chi connectivity index (χ0n) is 19.1. The molecule has 5 rings (SSSR count). The average Bonchev–Trinajstić information content (AvgIpc) is 3.58. The van der Waals surface area contributed by atoms with Crippen molar-refractivity contribution in [3.8, 4) is 17.0 Å². The molecular formula is C26H24ClN3O4S. The summed E-state index contributed by atoms with van der Waals surface area (Å²) < 4.78 is 16.6. The molecule has 0 radical (unpaired) electrons. The van der Waals surface area contributed by atoms with Crippen molar-refractivity contribution in [1.29, 1.82) is 0 Å². The molecule has 35 heavy (non-hydrogen) atoms. The van der Waals surface area contributed by atoms with Crippen molar-refractivity contribution >= 4 is 39.7 Å². The fraction of sp³-hybridized carbons (Fsp3) is 0.231. The monoisotopic (exact) mass is 509 g/mol. The topological polar surface area (TPSA) is 68.0 Å². The van der Waals surface area contributed by atoms with E-state index in [0.29, 0.717) is 49.4 Å². The van der Waals surface area contributed by atoms with Crippen LogP contribution in [0.5, 0.6) is 5.75 Å². The molecule has 1 amide bonds. The predicted molar refractivity (Wildman–Crippen MR) is 137 cm³/mol. The molecule has 2 aromatic heterocycles. The molecule has 1 saturated heterocycles. The molecule has 0 unspecified atom stereocenters. The minimum absolute atomic E-state index is 0.125. The Morgan fingerprint density at radius 2 is 1.89 bits per heavy atom. The van der Waals surface area contributed by atoms with Gasteiger partial charge in [-0.25, -0.2) is 4.98 Å². The molecular weight excluding hydrogens is 486 g/mol. The van der Waals surface area contributed by atoms with Crippen LogP contribution in [0.1, 0.15) is 16.3 Å². The molecule has 2 aromatic carbocycles. The number of furan rings is 1. The van der Waals surface area contributed by atoms with Gasteiger partial charge in [0.1, 0.15) is 11.5 Å². The van der Waals surface area contributed by atoms with Crippen LogP contribution >= 0.6 is 22.9 Å². The number of methoxy groups -OCH3 is 1. The Kier molecular flexibility index (Phi) is 7.03. The minimum Gasteiger partial charge on any atom is -0.497 e. The first-order valence-corrected chi connectivity index (χ1v) is 12.5. The van der Waals surface area contributed by atoms with Crippen molar-refractivity contribution in [3.05, 3.63) is 82.6 Å². The van der Waals surface area contributed by atoms with Crippen molar-refractivity contribution in [2.24, 2.45) is 0 Å². The minimum atomic E-state index is -0.125. The van der Waals surface area contributed by atoms with Crippen LogP contribution in [0.4, 0.5) is 10.8 Å². The normalized spacial score (nSPS) is 13.6. The smallest absolute Gasteiger partial charge is 0.289 e. The third-order valence-electron chi connectivity index (χ3n) is 5.74. The van der Waals surface area contributed by atoms with Crippen molar-refractivity contribution in [3.63, 3.8) is 0 Å². The molecule has 9 heteroatoms. The Morgan fingerprint density at radius 1 is 1.11 bits per heavy atom. The number of benzene rings is 2. The van der Waals surface area contributed by atoms with Gasteiger partial charge in [-0.3, -0.25) is 4.79 Å². The average molecular weight is 510 g/mol. The zero-order valence-corrected chi connectivity index (χ0v) is 20.7. The van der Waals surface area contributed by atoms with Crippen LogP contribution in [0.3, 0.4) is 0 Å². The number of hydrogen-bond donors (Lipinski definition) is 0. The summed E-state index contributed by atoms with van der Waals surface area (Å²) in [6.07, 6.45) is 0. The van der Waals surface area contributed by atoms with Gasteiger partial charge in [0, 0.05) is 24.0 Å². The van der Waals surface area contributed by atoms with E-state index in [2.05, 4.69) is 0 Å². The van der Waals surface area contributed by atoms with Gasteiger partial charge in [-0.15, -0.1) is 11.3 Å². The number of anilines is 2. The summed E-state index contributed by atoms with van der Waals surface area (Å²) in [6, 6.07) is 18.9. The number of rotatable bonds is 7. The Morgan fingerprint density at radius 3 is 2.63 bits per heavy atom. The van der Waals surface area contributed by atoms with Gasteiger partial charge in [0.15, 0.2) is 10.9 Å². The predicted octanol–water partition coefficient (Wildman–Crippen LogP) is 5.88. The van der Waals surface area contributed by atoms with Crippen LogP contribution < -0.4 is 9.64 Å². The highest BCUT2D eigenvalue weighted by Gasteiger charge is 2.23. The number of hydrogen-bond acceptors (Lipinski definition) is 7. The molecule has 3 heterocycles.